The van der Waals surface area contributed by atoms with Crippen LogP contribution in [0, 0.1) is 6.92 Å². The fourth-order valence-corrected chi connectivity index (χ4v) is 3.32. The lowest BCUT2D eigenvalue weighted by Crippen LogP contribution is -2.13. The summed E-state index contributed by atoms with van der Waals surface area (Å²) in [6.07, 6.45) is 4.01. The fraction of sp³-hybridized carbons (Fsp3) is 0.750. The van der Waals surface area contributed by atoms with Crippen molar-refractivity contribution in [2.75, 3.05) is 19.8 Å². The Bertz CT molecular complexity index is 332. The molecule has 0 radical (unpaired) electrons. The maximum absolute atomic E-state index is 8.84. The summed E-state index contributed by atoms with van der Waals surface area (Å²) in [7, 11) is 0. The first-order valence-corrected chi connectivity index (χ1v) is 6.77. The van der Waals surface area contributed by atoms with E-state index >= 15 is 0 Å². The number of hydrogen-bond donors (Lipinski definition) is 1. The van der Waals surface area contributed by atoms with Gasteiger partial charge in [0, 0.05) is 30.6 Å². The molecule has 0 unspecified atom stereocenters. The highest BCUT2D eigenvalue weighted by molar-refractivity contribution is 7.11. The molecule has 1 aromatic heterocycles. The molecule has 2 rings (SSSR count). The van der Waals surface area contributed by atoms with Gasteiger partial charge in [-0.1, -0.05) is 0 Å². The molecule has 0 amide bonds. The van der Waals surface area contributed by atoms with E-state index in [9.17, 15) is 0 Å². The maximum atomic E-state index is 8.84. The SMILES string of the molecule is Cc1nc(C2CCOCC2)sc1CCCO. The van der Waals surface area contributed by atoms with Gasteiger partial charge in [-0.25, -0.2) is 4.98 Å². The van der Waals surface area contributed by atoms with Crippen LogP contribution in [0.25, 0.3) is 0 Å². The Morgan fingerprint density at radius 3 is 2.88 bits per heavy atom. The second-order valence-corrected chi connectivity index (χ2v) is 5.39. The van der Waals surface area contributed by atoms with Crippen LogP contribution < -0.4 is 0 Å². The molecule has 1 fully saturated rings. The largest absolute Gasteiger partial charge is 0.396 e. The van der Waals surface area contributed by atoms with Gasteiger partial charge in [0.25, 0.3) is 0 Å². The van der Waals surface area contributed by atoms with Crippen molar-refractivity contribution in [3.05, 3.63) is 15.6 Å². The van der Waals surface area contributed by atoms with E-state index in [-0.39, 0.29) is 6.61 Å². The number of rotatable bonds is 4. The summed E-state index contributed by atoms with van der Waals surface area (Å²) in [5.74, 6) is 0.598. The molecule has 0 atom stereocenters. The Hall–Kier alpha value is -0.450. The summed E-state index contributed by atoms with van der Waals surface area (Å²) >= 11 is 1.83. The zero-order chi connectivity index (χ0) is 11.4. The third-order valence-electron chi connectivity index (χ3n) is 3.04. The molecule has 16 heavy (non-hydrogen) atoms. The monoisotopic (exact) mass is 241 g/mol. The molecular weight excluding hydrogens is 222 g/mol. The van der Waals surface area contributed by atoms with Gasteiger partial charge in [-0.2, -0.15) is 0 Å². The number of aryl methyl sites for hydroxylation is 2. The highest BCUT2D eigenvalue weighted by Crippen LogP contribution is 2.32. The maximum Gasteiger partial charge on any atom is 0.0963 e. The second-order valence-electron chi connectivity index (χ2n) is 4.27. The van der Waals surface area contributed by atoms with Crippen LogP contribution in [-0.4, -0.2) is 29.9 Å². The van der Waals surface area contributed by atoms with E-state index in [2.05, 4.69) is 11.9 Å². The molecule has 1 N–H and O–H groups in total. The molecule has 1 saturated heterocycles. The summed E-state index contributed by atoms with van der Waals surface area (Å²) in [4.78, 5) is 6.01. The minimum Gasteiger partial charge on any atom is -0.396 e. The molecule has 4 heteroatoms. The quantitative estimate of drug-likeness (QED) is 0.879. The highest BCUT2D eigenvalue weighted by atomic mass is 32.1. The lowest BCUT2D eigenvalue weighted by Gasteiger charge is -2.19. The first-order valence-electron chi connectivity index (χ1n) is 5.96. The van der Waals surface area contributed by atoms with Crippen molar-refractivity contribution < 1.29 is 9.84 Å². The number of aliphatic hydroxyl groups excluding tert-OH is 1. The fourth-order valence-electron chi connectivity index (χ4n) is 2.04. The van der Waals surface area contributed by atoms with Crippen molar-refractivity contribution in [1.29, 1.82) is 0 Å². The van der Waals surface area contributed by atoms with E-state index in [0.717, 1.165) is 44.6 Å². The molecule has 0 saturated carbocycles. The third-order valence-corrected chi connectivity index (χ3v) is 4.42. The first kappa shape index (κ1) is 12.0. The number of ether oxygens (including phenoxy) is 1. The molecule has 1 aliphatic rings. The van der Waals surface area contributed by atoms with Crippen molar-refractivity contribution in [1.82, 2.24) is 4.98 Å². The van der Waals surface area contributed by atoms with Crippen LogP contribution in [0.2, 0.25) is 0 Å². The van der Waals surface area contributed by atoms with E-state index in [4.69, 9.17) is 9.84 Å². The first-order chi connectivity index (χ1) is 7.81. The smallest absolute Gasteiger partial charge is 0.0963 e. The zero-order valence-electron chi connectivity index (χ0n) is 9.74. The van der Waals surface area contributed by atoms with Gasteiger partial charge in [0.1, 0.15) is 0 Å². The summed E-state index contributed by atoms with van der Waals surface area (Å²) < 4.78 is 5.37. The van der Waals surface area contributed by atoms with Gasteiger partial charge < -0.3 is 9.84 Å². The Morgan fingerprint density at radius 1 is 1.44 bits per heavy atom. The number of thiazole rings is 1. The Balaban J connectivity index is 2.03. The summed E-state index contributed by atoms with van der Waals surface area (Å²) in [5.41, 5.74) is 1.15. The van der Waals surface area contributed by atoms with Crippen molar-refractivity contribution in [3.63, 3.8) is 0 Å². The number of aromatic nitrogens is 1. The predicted molar refractivity (Wildman–Crippen MR) is 65.1 cm³/mol. The van der Waals surface area contributed by atoms with Crippen molar-refractivity contribution in [3.8, 4) is 0 Å². The van der Waals surface area contributed by atoms with Crippen LogP contribution in [0.1, 0.15) is 40.8 Å². The molecule has 0 aromatic carbocycles. The van der Waals surface area contributed by atoms with Gasteiger partial charge in [-0.15, -0.1) is 11.3 Å². The number of hydrogen-bond acceptors (Lipinski definition) is 4. The second kappa shape index (κ2) is 5.75. The zero-order valence-corrected chi connectivity index (χ0v) is 10.6. The van der Waals surface area contributed by atoms with E-state index in [1.54, 1.807) is 0 Å². The standard InChI is InChI=1S/C12H19NO2S/c1-9-11(3-2-6-14)16-12(13-9)10-4-7-15-8-5-10/h10,14H,2-8H2,1H3. The minimum atomic E-state index is 0.268. The molecule has 0 spiro atoms. The highest BCUT2D eigenvalue weighted by Gasteiger charge is 2.20. The average molecular weight is 241 g/mol. The van der Waals surface area contributed by atoms with Crippen molar-refractivity contribution in [2.45, 2.75) is 38.5 Å². The topological polar surface area (TPSA) is 42.4 Å². The van der Waals surface area contributed by atoms with Crippen LogP contribution >= 0.6 is 11.3 Å². The van der Waals surface area contributed by atoms with Crippen LogP contribution in [0.5, 0.6) is 0 Å². The molecule has 90 valence electrons. The molecular formula is C12H19NO2S. The predicted octanol–water partition coefficient (Wildman–Crippen LogP) is 2.27. The third kappa shape index (κ3) is 2.81. The lowest BCUT2D eigenvalue weighted by molar-refractivity contribution is 0.0852. The van der Waals surface area contributed by atoms with Gasteiger partial charge in [0.05, 0.1) is 10.7 Å². The van der Waals surface area contributed by atoms with Gasteiger partial charge in [-0.3, -0.25) is 0 Å². The molecule has 0 aliphatic carbocycles. The normalized spacial score (nSPS) is 17.9. The van der Waals surface area contributed by atoms with Crippen LogP contribution in [0.15, 0.2) is 0 Å². The van der Waals surface area contributed by atoms with E-state index < -0.39 is 0 Å². The Kier molecular flexibility index (Phi) is 4.32. The molecule has 1 aromatic rings. The molecule has 2 heterocycles. The Labute approximate surface area is 100 Å². The van der Waals surface area contributed by atoms with Gasteiger partial charge >= 0.3 is 0 Å². The van der Waals surface area contributed by atoms with Gasteiger partial charge in [0.2, 0.25) is 0 Å². The minimum absolute atomic E-state index is 0.268. The van der Waals surface area contributed by atoms with Gasteiger partial charge in [0.15, 0.2) is 0 Å². The van der Waals surface area contributed by atoms with Crippen LogP contribution in [0.4, 0.5) is 0 Å². The molecule has 0 bridgehead atoms. The van der Waals surface area contributed by atoms with E-state index in [0.29, 0.717) is 5.92 Å². The van der Waals surface area contributed by atoms with E-state index in [1.165, 1.54) is 9.88 Å². The summed E-state index contributed by atoms with van der Waals surface area (Å²) in [5, 5.41) is 10.1. The van der Waals surface area contributed by atoms with E-state index in [1.807, 2.05) is 11.3 Å². The summed E-state index contributed by atoms with van der Waals surface area (Å²) in [6, 6.07) is 0. The van der Waals surface area contributed by atoms with Crippen molar-refractivity contribution in [2.24, 2.45) is 0 Å². The van der Waals surface area contributed by atoms with Crippen LogP contribution in [-0.2, 0) is 11.2 Å². The summed E-state index contributed by atoms with van der Waals surface area (Å²) in [6.45, 7) is 4.08. The Morgan fingerprint density at radius 2 is 2.19 bits per heavy atom. The average Bonchev–Trinajstić information content (AvgIpc) is 2.69. The number of aliphatic hydroxyl groups is 1. The van der Waals surface area contributed by atoms with Gasteiger partial charge in [-0.05, 0) is 32.6 Å². The molecule has 3 nitrogen and oxygen atoms in total. The lowest BCUT2D eigenvalue weighted by atomic mass is 10.0. The van der Waals surface area contributed by atoms with Crippen LogP contribution in [0.3, 0.4) is 0 Å². The molecule has 1 aliphatic heterocycles. The number of nitrogens with zero attached hydrogens (tertiary/aromatic N) is 1. The van der Waals surface area contributed by atoms with Crippen molar-refractivity contribution >= 4 is 11.3 Å².